The van der Waals surface area contributed by atoms with Crippen molar-refractivity contribution in [2.45, 2.75) is 12.4 Å². The van der Waals surface area contributed by atoms with Gasteiger partial charge in [-0.15, -0.1) is 0 Å². The first-order valence-corrected chi connectivity index (χ1v) is 9.95. The molecule has 2 aromatic rings. The summed E-state index contributed by atoms with van der Waals surface area (Å²) in [6.45, 7) is 0.0677. The second kappa shape index (κ2) is 10.4. The van der Waals surface area contributed by atoms with Crippen LogP contribution in [-0.4, -0.2) is 29.6 Å². The number of rotatable bonds is 5. The van der Waals surface area contributed by atoms with Gasteiger partial charge in [0.1, 0.15) is 5.71 Å². The van der Waals surface area contributed by atoms with Crippen molar-refractivity contribution in [3.8, 4) is 0 Å². The molecule has 5 nitrogen and oxygen atoms in total. The van der Waals surface area contributed by atoms with E-state index in [4.69, 9.17) is 5.21 Å². The van der Waals surface area contributed by atoms with E-state index in [-0.39, 0.29) is 23.5 Å². The van der Waals surface area contributed by atoms with Gasteiger partial charge in [-0.3, -0.25) is 9.79 Å². The van der Waals surface area contributed by atoms with E-state index < -0.39 is 29.4 Å². The van der Waals surface area contributed by atoms with Crippen molar-refractivity contribution in [1.82, 2.24) is 5.32 Å². The number of dihydropyridines is 1. The average molecular weight is 493 g/mol. The molecule has 0 unspecified atom stereocenters. The molecule has 0 spiro atoms. The van der Waals surface area contributed by atoms with E-state index in [2.05, 4.69) is 15.5 Å². The Morgan fingerprint density at radius 2 is 1.43 bits per heavy atom. The lowest BCUT2D eigenvalue weighted by molar-refractivity contribution is -0.138. The molecule has 1 aliphatic heterocycles. The predicted octanol–water partition coefficient (Wildman–Crippen LogP) is 5.63. The zero-order chi connectivity index (χ0) is 25.6. The molecule has 0 aromatic heterocycles. The summed E-state index contributed by atoms with van der Waals surface area (Å²) in [7, 11) is 0. The molecule has 0 aliphatic carbocycles. The number of aliphatic imine (C=N–C) groups is 1. The fraction of sp³-hybridized carbons (Fsp3) is 0.125. The summed E-state index contributed by atoms with van der Waals surface area (Å²) >= 11 is 0. The van der Waals surface area contributed by atoms with Gasteiger partial charge in [-0.2, -0.15) is 26.3 Å². The SMILES string of the molecule is O=C(/C=C/C=C(c1ccc(C(F)(F)F)cc1)c1ccc(C(F)(F)F)cc1)NC1=CC=NC/C1=N/O. The summed E-state index contributed by atoms with van der Waals surface area (Å²) in [6.07, 6.45) is -2.46. The second-order valence-corrected chi connectivity index (χ2v) is 7.20. The van der Waals surface area contributed by atoms with Crippen LogP contribution in [0.4, 0.5) is 26.3 Å². The topological polar surface area (TPSA) is 74.0 Å². The number of carbonyl (C=O) groups excluding carboxylic acids is 1. The summed E-state index contributed by atoms with van der Waals surface area (Å²) in [4.78, 5) is 16.1. The van der Waals surface area contributed by atoms with E-state index in [1.807, 2.05) is 0 Å². The van der Waals surface area contributed by atoms with Crippen LogP contribution in [0.2, 0.25) is 0 Å². The van der Waals surface area contributed by atoms with Crippen LogP contribution in [0.5, 0.6) is 0 Å². The van der Waals surface area contributed by atoms with Crippen LogP contribution in [0.3, 0.4) is 0 Å². The maximum atomic E-state index is 12.9. The number of carbonyl (C=O) groups is 1. The monoisotopic (exact) mass is 493 g/mol. The van der Waals surface area contributed by atoms with Crippen LogP contribution < -0.4 is 5.32 Å². The number of nitrogens with zero attached hydrogens (tertiary/aromatic N) is 2. The lowest BCUT2D eigenvalue weighted by Gasteiger charge is -2.12. The van der Waals surface area contributed by atoms with Gasteiger partial charge < -0.3 is 10.5 Å². The molecule has 0 bridgehead atoms. The van der Waals surface area contributed by atoms with E-state index >= 15 is 0 Å². The van der Waals surface area contributed by atoms with E-state index in [0.717, 1.165) is 30.3 Å². The number of alkyl halides is 6. The Kier molecular flexibility index (Phi) is 7.58. The van der Waals surface area contributed by atoms with Gasteiger partial charge in [0, 0.05) is 12.3 Å². The Balaban J connectivity index is 1.91. The molecule has 2 N–H and O–H groups in total. The Hall–Kier alpha value is -4.15. The van der Waals surface area contributed by atoms with Gasteiger partial charge in [-0.25, -0.2) is 0 Å². The maximum absolute atomic E-state index is 12.9. The molecular weight excluding hydrogens is 476 g/mol. The molecule has 0 saturated carbocycles. The number of allylic oxidation sites excluding steroid dienone is 3. The van der Waals surface area contributed by atoms with E-state index in [1.165, 1.54) is 48.7 Å². The minimum atomic E-state index is -4.55. The molecule has 1 aliphatic rings. The largest absolute Gasteiger partial charge is 0.416 e. The third kappa shape index (κ3) is 6.69. The van der Waals surface area contributed by atoms with Crippen molar-refractivity contribution >= 4 is 23.4 Å². The summed E-state index contributed by atoms with van der Waals surface area (Å²) in [5.41, 5.74) is -0.514. The Morgan fingerprint density at radius 1 is 0.914 bits per heavy atom. The molecule has 2 aromatic carbocycles. The summed E-state index contributed by atoms with van der Waals surface area (Å²) in [6, 6.07) is 8.19. The molecule has 0 fully saturated rings. The number of hydrogen-bond acceptors (Lipinski definition) is 4. The third-order valence-corrected chi connectivity index (χ3v) is 4.83. The predicted molar refractivity (Wildman–Crippen MR) is 118 cm³/mol. The van der Waals surface area contributed by atoms with Crippen molar-refractivity contribution in [2.24, 2.45) is 10.1 Å². The highest BCUT2D eigenvalue weighted by Gasteiger charge is 2.31. The van der Waals surface area contributed by atoms with Crippen molar-refractivity contribution in [3.63, 3.8) is 0 Å². The molecule has 0 atom stereocenters. The standard InChI is InChI=1S/C24H17F6N3O2/c25-23(26,27)17-8-4-15(5-9-17)19(16-6-10-18(11-7-16)24(28,29)30)2-1-3-22(34)32-20-12-13-31-14-21(20)33-35/h1-13,35H,14H2,(H,32,34)/b3-1+,33-21-. The normalized spacial score (nSPS) is 15.3. The maximum Gasteiger partial charge on any atom is 0.416 e. The van der Waals surface area contributed by atoms with Gasteiger partial charge in [0.15, 0.2) is 0 Å². The first kappa shape index (κ1) is 25.5. The second-order valence-electron chi connectivity index (χ2n) is 7.20. The zero-order valence-electron chi connectivity index (χ0n) is 17.7. The summed E-state index contributed by atoms with van der Waals surface area (Å²) < 4.78 is 77.5. The third-order valence-electron chi connectivity index (χ3n) is 4.83. The van der Waals surface area contributed by atoms with Crippen LogP contribution in [0.1, 0.15) is 22.3 Å². The summed E-state index contributed by atoms with van der Waals surface area (Å²) in [5, 5.41) is 14.5. The van der Waals surface area contributed by atoms with Gasteiger partial charge in [0.05, 0.1) is 23.4 Å². The van der Waals surface area contributed by atoms with Gasteiger partial charge in [0.2, 0.25) is 5.91 Å². The molecular formula is C24H17F6N3O2. The summed E-state index contributed by atoms with van der Waals surface area (Å²) in [5.74, 6) is -0.608. The van der Waals surface area contributed by atoms with Crippen molar-refractivity contribution in [1.29, 1.82) is 0 Å². The Morgan fingerprint density at radius 3 is 1.89 bits per heavy atom. The minimum Gasteiger partial charge on any atom is -0.411 e. The highest BCUT2D eigenvalue weighted by Crippen LogP contribution is 2.33. The van der Waals surface area contributed by atoms with E-state index in [0.29, 0.717) is 11.1 Å². The lowest BCUT2D eigenvalue weighted by Crippen LogP contribution is -2.28. The first-order valence-electron chi connectivity index (χ1n) is 9.95. The van der Waals surface area contributed by atoms with Gasteiger partial charge >= 0.3 is 12.4 Å². The molecule has 0 radical (unpaired) electrons. The van der Waals surface area contributed by atoms with E-state index in [9.17, 15) is 31.1 Å². The quantitative estimate of drug-likeness (QED) is 0.186. The molecule has 1 heterocycles. The number of amides is 1. The molecule has 0 saturated heterocycles. The number of oxime groups is 1. The number of nitrogens with one attached hydrogen (secondary N) is 1. The fourth-order valence-corrected chi connectivity index (χ4v) is 3.09. The van der Waals surface area contributed by atoms with Crippen LogP contribution in [0.15, 0.2) is 88.7 Å². The van der Waals surface area contributed by atoms with Gasteiger partial charge in [-0.05, 0) is 47.0 Å². The van der Waals surface area contributed by atoms with E-state index in [1.54, 1.807) is 0 Å². The smallest absolute Gasteiger partial charge is 0.411 e. The van der Waals surface area contributed by atoms with Gasteiger partial charge in [-0.1, -0.05) is 41.6 Å². The first-order chi connectivity index (χ1) is 16.5. The molecule has 182 valence electrons. The van der Waals surface area contributed by atoms with Crippen LogP contribution in [-0.2, 0) is 17.1 Å². The lowest BCUT2D eigenvalue weighted by atomic mass is 9.95. The van der Waals surface area contributed by atoms with Crippen LogP contribution >= 0.6 is 0 Å². The van der Waals surface area contributed by atoms with Crippen LogP contribution in [0.25, 0.3) is 5.57 Å². The average Bonchev–Trinajstić information content (AvgIpc) is 2.81. The molecule has 35 heavy (non-hydrogen) atoms. The fourth-order valence-electron chi connectivity index (χ4n) is 3.09. The van der Waals surface area contributed by atoms with Crippen LogP contribution in [0, 0.1) is 0 Å². The van der Waals surface area contributed by atoms with Crippen molar-refractivity contribution in [3.05, 3.63) is 101 Å². The minimum absolute atomic E-state index is 0.0677. The van der Waals surface area contributed by atoms with Crippen molar-refractivity contribution in [2.75, 3.05) is 6.54 Å². The van der Waals surface area contributed by atoms with Crippen molar-refractivity contribution < 1.29 is 36.3 Å². The highest BCUT2D eigenvalue weighted by atomic mass is 19.4. The molecule has 1 amide bonds. The highest BCUT2D eigenvalue weighted by molar-refractivity contribution is 6.09. The van der Waals surface area contributed by atoms with Gasteiger partial charge in [0.25, 0.3) is 0 Å². The Labute approximate surface area is 195 Å². The number of benzene rings is 2. The molecule has 11 heteroatoms. The molecule has 3 rings (SSSR count). The Bertz CT molecular complexity index is 1160. The zero-order valence-corrected chi connectivity index (χ0v) is 17.7. The number of hydrogen-bond donors (Lipinski definition) is 2. The number of halogens is 6.